The van der Waals surface area contributed by atoms with Gasteiger partial charge < -0.3 is 9.64 Å². The van der Waals surface area contributed by atoms with Crippen LogP contribution in [0.4, 0.5) is 0 Å². The van der Waals surface area contributed by atoms with Crippen LogP contribution in [0.15, 0.2) is 0 Å². The first-order valence-corrected chi connectivity index (χ1v) is 6.61. The Labute approximate surface area is 105 Å². The third-order valence-corrected chi connectivity index (χ3v) is 3.00. The van der Waals surface area contributed by atoms with Crippen LogP contribution >= 0.6 is 0 Å². The minimum atomic E-state index is 0.635. The average Bonchev–Trinajstić information content (AvgIpc) is 2.33. The maximum atomic E-state index is 8.66. The van der Waals surface area contributed by atoms with Gasteiger partial charge in [0.15, 0.2) is 0 Å². The summed E-state index contributed by atoms with van der Waals surface area (Å²) in [5.74, 6) is 0.665. The van der Waals surface area contributed by atoms with Crippen LogP contribution < -0.4 is 0 Å². The highest BCUT2D eigenvalue weighted by Crippen LogP contribution is 2.02. The van der Waals surface area contributed by atoms with Gasteiger partial charge >= 0.3 is 0 Å². The fourth-order valence-corrected chi connectivity index (χ4v) is 2.13. The van der Waals surface area contributed by atoms with Crippen LogP contribution in [0, 0.1) is 17.2 Å². The van der Waals surface area contributed by atoms with E-state index in [0.29, 0.717) is 12.3 Å². The van der Waals surface area contributed by atoms with Crippen LogP contribution in [0.1, 0.15) is 20.3 Å². The zero-order chi connectivity index (χ0) is 12.5. The lowest BCUT2D eigenvalue weighted by atomic mass is 10.2. The molecule has 0 N–H and O–H groups in total. The van der Waals surface area contributed by atoms with E-state index in [1.165, 1.54) is 0 Å². The number of rotatable bonds is 7. The summed E-state index contributed by atoms with van der Waals surface area (Å²) < 4.78 is 5.34. The molecule has 0 aromatic rings. The quantitative estimate of drug-likeness (QED) is 0.669. The lowest BCUT2D eigenvalue weighted by molar-refractivity contribution is 0.0329. The molecular formula is C13H25N3O. The molecule has 17 heavy (non-hydrogen) atoms. The van der Waals surface area contributed by atoms with E-state index >= 15 is 0 Å². The first-order valence-electron chi connectivity index (χ1n) is 6.61. The molecule has 4 nitrogen and oxygen atoms in total. The van der Waals surface area contributed by atoms with Crippen molar-refractivity contribution >= 4 is 0 Å². The van der Waals surface area contributed by atoms with E-state index in [9.17, 15) is 0 Å². The summed E-state index contributed by atoms with van der Waals surface area (Å²) in [7, 11) is 0. The third-order valence-electron chi connectivity index (χ3n) is 3.00. The van der Waals surface area contributed by atoms with Gasteiger partial charge in [-0.15, -0.1) is 0 Å². The Morgan fingerprint density at radius 2 is 2.00 bits per heavy atom. The van der Waals surface area contributed by atoms with Gasteiger partial charge in [-0.25, -0.2) is 0 Å². The molecule has 1 rings (SSSR count). The largest absolute Gasteiger partial charge is 0.379 e. The summed E-state index contributed by atoms with van der Waals surface area (Å²) in [6.07, 6.45) is 0.635. The van der Waals surface area contributed by atoms with E-state index in [1.807, 2.05) is 0 Å². The lowest BCUT2D eigenvalue weighted by Crippen LogP contribution is -2.42. The maximum Gasteiger partial charge on any atom is 0.0635 e. The molecule has 1 aliphatic heterocycles. The first kappa shape index (κ1) is 14.4. The predicted octanol–water partition coefficient (Wildman–Crippen LogP) is 1.19. The molecule has 0 aromatic carbocycles. The van der Waals surface area contributed by atoms with Crippen LogP contribution in [0.3, 0.4) is 0 Å². The molecule has 1 aliphatic rings. The SMILES string of the molecule is CC(C)CN(CCC#N)CCN1CCOCC1. The third kappa shape index (κ3) is 6.62. The molecule has 0 amide bonds. The predicted molar refractivity (Wildman–Crippen MR) is 68.8 cm³/mol. The number of ether oxygens (including phenoxy) is 1. The minimum Gasteiger partial charge on any atom is -0.379 e. The Morgan fingerprint density at radius 1 is 1.29 bits per heavy atom. The summed E-state index contributed by atoms with van der Waals surface area (Å²) in [6, 6.07) is 2.23. The van der Waals surface area contributed by atoms with Crippen molar-refractivity contribution in [3.05, 3.63) is 0 Å². The molecule has 0 spiro atoms. The molecule has 0 radical (unpaired) electrons. The van der Waals surface area contributed by atoms with Crippen LogP contribution in [0.25, 0.3) is 0 Å². The molecule has 1 saturated heterocycles. The van der Waals surface area contributed by atoms with Crippen molar-refractivity contribution in [3.63, 3.8) is 0 Å². The van der Waals surface area contributed by atoms with Gasteiger partial charge in [0.2, 0.25) is 0 Å². The second-order valence-corrected chi connectivity index (χ2v) is 5.06. The van der Waals surface area contributed by atoms with Crippen LogP contribution in [-0.4, -0.2) is 62.3 Å². The van der Waals surface area contributed by atoms with E-state index < -0.39 is 0 Å². The molecule has 0 aliphatic carbocycles. The highest BCUT2D eigenvalue weighted by atomic mass is 16.5. The fraction of sp³-hybridized carbons (Fsp3) is 0.923. The zero-order valence-electron chi connectivity index (χ0n) is 11.2. The van der Waals surface area contributed by atoms with E-state index in [2.05, 4.69) is 29.7 Å². The monoisotopic (exact) mass is 239 g/mol. The Hall–Kier alpha value is -0.630. The normalized spacial score (nSPS) is 17.6. The van der Waals surface area contributed by atoms with Crippen molar-refractivity contribution in [2.75, 3.05) is 52.5 Å². The lowest BCUT2D eigenvalue weighted by Gasteiger charge is -2.30. The topological polar surface area (TPSA) is 39.5 Å². The van der Waals surface area contributed by atoms with Gasteiger partial charge in [-0.2, -0.15) is 5.26 Å². The van der Waals surface area contributed by atoms with Gasteiger partial charge in [0.05, 0.1) is 19.3 Å². The summed E-state index contributed by atoms with van der Waals surface area (Å²) in [6.45, 7) is 12.4. The molecule has 0 bridgehead atoms. The highest BCUT2D eigenvalue weighted by Gasteiger charge is 2.12. The average molecular weight is 239 g/mol. The van der Waals surface area contributed by atoms with Gasteiger partial charge in [-0.3, -0.25) is 4.90 Å². The molecule has 1 fully saturated rings. The smallest absolute Gasteiger partial charge is 0.0635 e. The van der Waals surface area contributed by atoms with Crippen LogP contribution in [0.2, 0.25) is 0 Å². The number of nitriles is 1. The summed E-state index contributed by atoms with van der Waals surface area (Å²) in [5, 5.41) is 8.66. The van der Waals surface area contributed by atoms with Crippen LogP contribution in [-0.2, 0) is 4.74 Å². The number of morpholine rings is 1. The Kier molecular flexibility index (Phi) is 7.18. The minimum absolute atomic E-state index is 0.635. The molecule has 98 valence electrons. The Balaban J connectivity index is 2.24. The molecular weight excluding hydrogens is 214 g/mol. The van der Waals surface area contributed by atoms with Crippen molar-refractivity contribution in [2.45, 2.75) is 20.3 Å². The molecule has 0 aromatic heterocycles. The molecule has 0 unspecified atom stereocenters. The maximum absolute atomic E-state index is 8.66. The number of nitrogens with zero attached hydrogens (tertiary/aromatic N) is 3. The fourth-order valence-electron chi connectivity index (χ4n) is 2.13. The van der Waals surface area contributed by atoms with Crippen molar-refractivity contribution in [1.29, 1.82) is 5.26 Å². The highest BCUT2D eigenvalue weighted by molar-refractivity contribution is 4.74. The number of hydrogen-bond acceptors (Lipinski definition) is 4. The molecule has 4 heteroatoms. The van der Waals surface area contributed by atoms with Gasteiger partial charge in [-0.1, -0.05) is 13.8 Å². The summed E-state index contributed by atoms with van der Waals surface area (Å²) in [5.41, 5.74) is 0. The van der Waals surface area contributed by atoms with Gasteiger partial charge in [0.25, 0.3) is 0 Å². The molecule has 0 atom stereocenters. The van der Waals surface area contributed by atoms with E-state index in [0.717, 1.165) is 52.5 Å². The van der Waals surface area contributed by atoms with E-state index in [1.54, 1.807) is 0 Å². The van der Waals surface area contributed by atoms with Crippen molar-refractivity contribution in [2.24, 2.45) is 5.92 Å². The van der Waals surface area contributed by atoms with Gasteiger partial charge in [0.1, 0.15) is 0 Å². The second kappa shape index (κ2) is 8.46. The zero-order valence-corrected chi connectivity index (χ0v) is 11.2. The van der Waals surface area contributed by atoms with Crippen molar-refractivity contribution in [3.8, 4) is 6.07 Å². The van der Waals surface area contributed by atoms with Gasteiger partial charge in [0, 0.05) is 45.7 Å². The van der Waals surface area contributed by atoms with E-state index in [-0.39, 0.29) is 0 Å². The van der Waals surface area contributed by atoms with Gasteiger partial charge in [-0.05, 0) is 5.92 Å². The standard InChI is InChI=1S/C13H25N3O/c1-13(2)12-16(5-3-4-14)7-6-15-8-10-17-11-9-15/h13H,3,5-12H2,1-2H3. The second-order valence-electron chi connectivity index (χ2n) is 5.06. The van der Waals surface area contributed by atoms with Crippen molar-refractivity contribution < 1.29 is 4.74 Å². The molecule has 1 heterocycles. The summed E-state index contributed by atoms with van der Waals surface area (Å²) in [4.78, 5) is 4.85. The van der Waals surface area contributed by atoms with Crippen LogP contribution in [0.5, 0.6) is 0 Å². The summed E-state index contributed by atoms with van der Waals surface area (Å²) >= 11 is 0. The Morgan fingerprint density at radius 3 is 2.59 bits per heavy atom. The van der Waals surface area contributed by atoms with Crippen molar-refractivity contribution in [1.82, 2.24) is 9.80 Å². The number of hydrogen-bond donors (Lipinski definition) is 0. The molecule has 0 saturated carbocycles. The Bertz CT molecular complexity index is 231. The first-order chi connectivity index (χ1) is 8.22. The van der Waals surface area contributed by atoms with E-state index in [4.69, 9.17) is 10.00 Å².